The van der Waals surface area contributed by atoms with Gasteiger partial charge < -0.3 is 19.9 Å². The predicted molar refractivity (Wildman–Crippen MR) is 134 cm³/mol. The molecule has 7 heteroatoms. The van der Waals surface area contributed by atoms with Crippen LogP contribution >= 0.6 is 23.8 Å². The number of methoxy groups -OCH3 is 1. The Kier molecular flexibility index (Phi) is 6.91. The number of nitrogens with zero attached hydrogens (tertiary/aromatic N) is 2. The number of halogens is 1. The van der Waals surface area contributed by atoms with Crippen LogP contribution in [0.5, 0.6) is 5.75 Å². The first-order chi connectivity index (χ1) is 15.4. The maximum atomic E-state index is 13.1. The van der Waals surface area contributed by atoms with Crippen LogP contribution in [-0.4, -0.2) is 54.1 Å². The van der Waals surface area contributed by atoms with Crippen molar-refractivity contribution >= 4 is 40.5 Å². The Morgan fingerprint density at radius 2 is 1.75 bits per heavy atom. The van der Waals surface area contributed by atoms with Gasteiger partial charge in [0.15, 0.2) is 5.11 Å². The van der Waals surface area contributed by atoms with Crippen molar-refractivity contribution in [2.24, 2.45) is 5.41 Å². The third kappa shape index (κ3) is 5.02. The topological polar surface area (TPSA) is 44.8 Å². The van der Waals surface area contributed by atoms with Gasteiger partial charge in [-0.3, -0.25) is 4.79 Å². The van der Waals surface area contributed by atoms with Gasteiger partial charge in [0.05, 0.1) is 13.0 Å². The Balaban J connectivity index is 1.31. The molecular weight excluding hydrogens is 442 g/mol. The zero-order valence-corrected chi connectivity index (χ0v) is 20.2. The van der Waals surface area contributed by atoms with E-state index in [4.69, 9.17) is 28.6 Å². The first-order valence-corrected chi connectivity index (χ1v) is 11.9. The predicted octanol–water partition coefficient (Wildman–Crippen LogP) is 5.16. The third-order valence-electron chi connectivity index (χ3n) is 6.92. The lowest BCUT2D eigenvalue weighted by Crippen LogP contribution is -2.46. The zero-order chi connectivity index (χ0) is 22.7. The Morgan fingerprint density at radius 3 is 2.41 bits per heavy atom. The molecule has 2 saturated heterocycles. The highest BCUT2D eigenvalue weighted by Gasteiger charge is 2.43. The van der Waals surface area contributed by atoms with E-state index >= 15 is 0 Å². The standard InChI is InChI=1S/C25H30ClN3O2S/c1-18(19-6-8-20(26)9-7-19)23(30)29-15-12-25(17-29)10-13-28(14-11-25)24(32)27-21-4-3-5-22(16-21)31-2/h3-9,16,18H,10-15,17H2,1-2H3,(H,27,32). The molecule has 5 nitrogen and oxygen atoms in total. The summed E-state index contributed by atoms with van der Waals surface area (Å²) in [7, 11) is 1.66. The molecule has 2 aromatic rings. The summed E-state index contributed by atoms with van der Waals surface area (Å²) >= 11 is 11.7. The van der Waals surface area contributed by atoms with Crippen molar-refractivity contribution in [2.75, 3.05) is 38.6 Å². The normalized spacial score (nSPS) is 18.5. The Labute approximate surface area is 200 Å². The molecule has 0 aromatic heterocycles. The average molecular weight is 472 g/mol. The van der Waals surface area contributed by atoms with E-state index in [2.05, 4.69) is 15.1 Å². The summed E-state index contributed by atoms with van der Waals surface area (Å²) in [5.41, 5.74) is 2.16. The molecule has 0 radical (unpaired) electrons. The van der Waals surface area contributed by atoms with Crippen LogP contribution in [0, 0.1) is 5.41 Å². The second kappa shape index (κ2) is 9.67. The highest BCUT2D eigenvalue weighted by atomic mass is 35.5. The van der Waals surface area contributed by atoms with E-state index in [1.165, 1.54) is 0 Å². The van der Waals surface area contributed by atoms with Crippen LogP contribution in [0.4, 0.5) is 5.69 Å². The number of likely N-dealkylation sites (tertiary alicyclic amines) is 2. The lowest BCUT2D eigenvalue weighted by molar-refractivity contribution is -0.131. The Bertz CT molecular complexity index is 973. The van der Waals surface area contributed by atoms with Gasteiger partial charge in [-0.05, 0) is 73.6 Å². The second-order valence-electron chi connectivity index (χ2n) is 8.93. The minimum atomic E-state index is -0.151. The number of anilines is 1. The average Bonchev–Trinajstić information content (AvgIpc) is 3.22. The zero-order valence-electron chi connectivity index (χ0n) is 18.6. The monoisotopic (exact) mass is 471 g/mol. The number of ether oxygens (including phenoxy) is 1. The van der Waals surface area contributed by atoms with Gasteiger partial charge in [-0.2, -0.15) is 0 Å². The minimum Gasteiger partial charge on any atom is -0.497 e. The summed E-state index contributed by atoms with van der Waals surface area (Å²) in [6.07, 6.45) is 3.16. The van der Waals surface area contributed by atoms with Crippen molar-refractivity contribution in [1.29, 1.82) is 0 Å². The fourth-order valence-electron chi connectivity index (χ4n) is 4.79. The van der Waals surface area contributed by atoms with Crippen LogP contribution in [0.25, 0.3) is 0 Å². The van der Waals surface area contributed by atoms with Crippen LogP contribution in [0.3, 0.4) is 0 Å². The van der Waals surface area contributed by atoms with Gasteiger partial charge in [-0.25, -0.2) is 0 Å². The van der Waals surface area contributed by atoms with E-state index < -0.39 is 0 Å². The number of hydrogen-bond acceptors (Lipinski definition) is 3. The van der Waals surface area contributed by atoms with Crippen molar-refractivity contribution in [3.8, 4) is 5.75 Å². The number of rotatable bonds is 4. The van der Waals surface area contributed by atoms with Gasteiger partial charge in [0.1, 0.15) is 5.75 Å². The molecule has 0 saturated carbocycles. The Morgan fingerprint density at radius 1 is 1.09 bits per heavy atom. The van der Waals surface area contributed by atoms with Crippen molar-refractivity contribution in [3.63, 3.8) is 0 Å². The third-order valence-corrected chi connectivity index (χ3v) is 7.53. The van der Waals surface area contributed by atoms with Crippen LogP contribution in [0.1, 0.15) is 37.7 Å². The second-order valence-corrected chi connectivity index (χ2v) is 9.76. The minimum absolute atomic E-state index is 0.151. The summed E-state index contributed by atoms with van der Waals surface area (Å²) in [6.45, 7) is 5.48. The number of benzene rings is 2. The van der Waals surface area contributed by atoms with Crippen molar-refractivity contribution in [1.82, 2.24) is 9.80 Å². The molecule has 4 rings (SSSR count). The molecular formula is C25H30ClN3O2S. The maximum Gasteiger partial charge on any atom is 0.229 e. The van der Waals surface area contributed by atoms with E-state index in [1.807, 2.05) is 55.5 Å². The number of hydrogen-bond donors (Lipinski definition) is 1. The molecule has 2 aliphatic heterocycles. The quantitative estimate of drug-likeness (QED) is 0.624. The van der Waals surface area contributed by atoms with Gasteiger partial charge >= 0.3 is 0 Å². The lowest BCUT2D eigenvalue weighted by atomic mass is 9.78. The largest absolute Gasteiger partial charge is 0.497 e. The molecule has 32 heavy (non-hydrogen) atoms. The van der Waals surface area contributed by atoms with Crippen molar-refractivity contribution in [3.05, 3.63) is 59.1 Å². The van der Waals surface area contributed by atoms with E-state index in [9.17, 15) is 4.79 Å². The molecule has 1 spiro atoms. The molecule has 1 amide bonds. The SMILES string of the molecule is COc1cccc(NC(=S)N2CCC3(CCN(C(=O)C(C)c4ccc(Cl)cc4)C3)CC2)c1. The van der Waals surface area contributed by atoms with E-state index in [-0.39, 0.29) is 17.2 Å². The Hall–Kier alpha value is -2.31. The fraction of sp³-hybridized carbons (Fsp3) is 0.440. The number of piperidine rings is 1. The number of carbonyl (C=O) groups is 1. The molecule has 2 heterocycles. The van der Waals surface area contributed by atoms with Gasteiger partial charge in [0, 0.05) is 43.0 Å². The van der Waals surface area contributed by atoms with Crippen LogP contribution in [0.15, 0.2) is 48.5 Å². The fourth-order valence-corrected chi connectivity index (χ4v) is 5.21. The highest BCUT2D eigenvalue weighted by Crippen LogP contribution is 2.41. The summed E-state index contributed by atoms with van der Waals surface area (Å²) in [5, 5.41) is 4.77. The summed E-state index contributed by atoms with van der Waals surface area (Å²) in [5.74, 6) is 0.864. The molecule has 1 atom stereocenters. The van der Waals surface area contributed by atoms with Gasteiger partial charge in [-0.15, -0.1) is 0 Å². The molecule has 0 bridgehead atoms. The maximum absolute atomic E-state index is 13.1. The summed E-state index contributed by atoms with van der Waals surface area (Å²) in [6, 6.07) is 15.4. The van der Waals surface area contributed by atoms with E-state index in [1.54, 1.807) is 7.11 Å². The molecule has 2 fully saturated rings. The molecule has 1 N–H and O–H groups in total. The number of amides is 1. The number of nitrogens with one attached hydrogen (secondary N) is 1. The van der Waals surface area contributed by atoms with E-state index in [0.717, 1.165) is 67.6 Å². The lowest BCUT2D eigenvalue weighted by Gasteiger charge is -2.40. The number of thiocarbonyl (C=S) groups is 1. The van der Waals surface area contributed by atoms with Gasteiger partial charge in [-0.1, -0.05) is 29.8 Å². The highest BCUT2D eigenvalue weighted by molar-refractivity contribution is 7.80. The smallest absolute Gasteiger partial charge is 0.229 e. The molecule has 2 aromatic carbocycles. The first-order valence-electron chi connectivity index (χ1n) is 11.1. The van der Waals surface area contributed by atoms with Crippen molar-refractivity contribution in [2.45, 2.75) is 32.1 Å². The molecule has 0 aliphatic carbocycles. The summed E-state index contributed by atoms with van der Waals surface area (Å²) < 4.78 is 5.29. The van der Waals surface area contributed by atoms with E-state index in [0.29, 0.717) is 5.02 Å². The van der Waals surface area contributed by atoms with Crippen LogP contribution in [0.2, 0.25) is 5.02 Å². The molecule has 2 aliphatic rings. The molecule has 1 unspecified atom stereocenters. The molecule has 170 valence electrons. The van der Waals surface area contributed by atoms with Gasteiger partial charge in [0.25, 0.3) is 0 Å². The van der Waals surface area contributed by atoms with Crippen molar-refractivity contribution < 1.29 is 9.53 Å². The number of carbonyl (C=O) groups excluding carboxylic acids is 1. The van der Waals surface area contributed by atoms with Crippen LogP contribution < -0.4 is 10.1 Å². The van der Waals surface area contributed by atoms with Crippen LogP contribution in [-0.2, 0) is 4.79 Å². The summed E-state index contributed by atoms with van der Waals surface area (Å²) in [4.78, 5) is 17.4. The van der Waals surface area contributed by atoms with Gasteiger partial charge in [0.2, 0.25) is 5.91 Å². The first kappa shape index (κ1) is 22.9.